The zero-order valence-corrected chi connectivity index (χ0v) is 12.0. The fourth-order valence-electron chi connectivity index (χ4n) is 1.87. The Bertz CT molecular complexity index is 533. The molecular formula is C12H9BrClNOS. The van der Waals surface area contributed by atoms with Crippen LogP contribution in [0.1, 0.15) is 5.76 Å². The van der Waals surface area contributed by atoms with Gasteiger partial charge in [-0.25, -0.2) is 0 Å². The van der Waals surface area contributed by atoms with Gasteiger partial charge in [-0.1, -0.05) is 27.5 Å². The Morgan fingerprint density at radius 3 is 3.12 bits per heavy atom. The summed E-state index contributed by atoms with van der Waals surface area (Å²) in [6.07, 6.45) is 5.68. The highest BCUT2D eigenvalue weighted by molar-refractivity contribution is 9.12. The Morgan fingerprint density at radius 2 is 2.35 bits per heavy atom. The zero-order valence-electron chi connectivity index (χ0n) is 8.82. The molecular weight excluding hydrogens is 322 g/mol. The summed E-state index contributed by atoms with van der Waals surface area (Å²) in [5, 5.41) is 0.722. The van der Waals surface area contributed by atoms with Crippen LogP contribution in [0.15, 0.2) is 55.2 Å². The van der Waals surface area contributed by atoms with E-state index >= 15 is 0 Å². The van der Waals surface area contributed by atoms with Crippen LogP contribution in [0.3, 0.4) is 0 Å². The normalized spacial score (nSPS) is 19.3. The van der Waals surface area contributed by atoms with Gasteiger partial charge in [0.1, 0.15) is 10.9 Å². The van der Waals surface area contributed by atoms with Gasteiger partial charge in [-0.3, -0.25) is 0 Å². The maximum absolute atomic E-state index is 6.27. The second-order valence-corrected chi connectivity index (χ2v) is 6.09. The first-order chi connectivity index (χ1) is 8.25. The quantitative estimate of drug-likeness (QED) is 0.747. The molecule has 1 aromatic heterocycles. The summed E-state index contributed by atoms with van der Waals surface area (Å²) in [5.74, 6) is 1.87. The minimum absolute atomic E-state index is 0.657. The fourth-order valence-corrected chi connectivity index (χ4v) is 3.94. The number of furan rings is 1. The molecule has 0 amide bonds. The van der Waals surface area contributed by atoms with Crippen LogP contribution in [0.4, 0.5) is 0 Å². The van der Waals surface area contributed by atoms with Gasteiger partial charge in [0.25, 0.3) is 0 Å². The van der Waals surface area contributed by atoms with Gasteiger partial charge in [-0.05, 0) is 24.3 Å². The Kier molecular flexibility index (Phi) is 3.11. The molecule has 17 heavy (non-hydrogen) atoms. The van der Waals surface area contributed by atoms with Crippen molar-refractivity contribution in [3.63, 3.8) is 0 Å². The number of nitrogens with zero attached hydrogens (tertiary/aromatic N) is 1. The Morgan fingerprint density at radius 1 is 1.47 bits per heavy atom. The fraction of sp³-hybridized carbons (Fsp3) is 0.167. The lowest BCUT2D eigenvalue weighted by atomic mass is 10.2. The Labute approximate surface area is 117 Å². The van der Waals surface area contributed by atoms with E-state index in [-0.39, 0.29) is 0 Å². The minimum Gasteiger partial charge on any atom is -0.467 e. The molecule has 2 nitrogen and oxygen atoms in total. The lowest BCUT2D eigenvalue weighted by molar-refractivity contribution is 0.385. The first-order valence-corrected chi connectivity index (χ1v) is 7.30. The lowest BCUT2D eigenvalue weighted by Gasteiger charge is -2.27. The van der Waals surface area contributed by atoms with E-state index in [0.29, 0.717) is 6.54 Å². The lowest BCUT2D eigenvalue weighted by Crippen LogP contribution is -2.21. The highest BCUT2D eigenvalue weighted by Crippen LogP contribution is 2.45. The number of hydrogen-bond donors (Lipinski definition) is 0. The third-order valence-electron chi connectivity index (χ3n) is 2.64. The molecule has 0 radical (unpaired) electrons. The van der Waals surface area contributed by atoms with E-state index in [0.717, 1.165) is 16.7 Å². The molecule has 0 aliphatic carbocycles. The van der Waals surface area contributed by atoms with E-state index in [2.05, 4.69) is 26.9 Å². The number of hydrogen-bond acceptors (Lipinski definition) is 3. The molecule has 3 heterocycles. The predicted octanol–water partition coefficient (Wildman–Crippen LogP) is 4.41. The highest BCUT2D eigenvalue weighted by Gasteiger charge is 2.28. The van der Waals surface area contributed by atoms with Crippen molar-refractivity contribution in [2.75, 3.05) is 5.75 Å². The molecule has 0 N–H and O–H groups in total. The van der Waals surface area contributed by atoms with E-state index < -0.39 is 0 Å². The van der Waals surface area contributed by atoms with Crippen molar-refractivity contribution in [2.24, 2.45) is 0 Å². The van der Waals surface area contributed by atoms with Crippen molar-refractivity contribution in [1.82, 2.24) is 4.90 Å². The average Bonchev–Trinajstić information content (AvgIpc) is 2.93. The molecule has 0 atom stereocenters. The predicted molar refractivity (Wildman–Crippen MR) is 74.7 cm³/mol. The molecule has 0 aromatic carbocycles. The molecule has 2 aliphatic rings. The molecule has 0 saturated heterocycles. The highest BCUT2D eigenvalue weighted by atomic mass is 79.9. The molecule has 5 heteroatoms. The van der Waals surface area contributed by atoms with Crippen molar-refractivity contribution < 1.29 is 4.42 Å². The number of allylic oxidation sites excluding steroid dienone is 2. The molecule has 0 saturated carbocycles. The third-order valence-corrected chi connectivity index (χ3v) is 5.07. The topological polar surface area (TPSA) is 16.4 Å². The van der Waals surface area contributed by atoms with Crippen molar-refractivity contribution in [3.05, 3.63) is 56.5 Å². The van der Waals surface area contributed by atoms with Crippen molar-refractivity contribution >= 4 is 39.3 Å². The summed E-state index contributed by atoms with van der Waals surface area (Å²) in [7, 11) is 0. The van der Waals surface area contributed by atoms with E-state index in [4.69, 9.17) is 16.0 Å². The molecule has 88 valence electrons. The zero-order chi connectivity index (χ0) is 11.8. The molecule has 0 fully saturated rings. The van der Waals surface area contributed by atoms with E-state index in [9.17, 15) is 0 Å². The second kappa shape index (κ2) is 4.59. The summed E-state index contributed by atoms with van der Waals surface area (Å²) < 4.78 is 6.56. The molecule has 1 aromatic rings. The van der Waals surface area contributed by atoms with Crippen LogP contribution in [0, 0.1) is 0 Å². The van der Waals surface area contributed by atoms with Crippen molar-refractivity contribution in [3.8, 4) is 0 Å². The van der Waals surface area contributed by atoms with E-state index in [1.807, 2.05) is 30.0 Å². The summed E-state index contributed by atoms with van der Waals surface area (Å²) >= 11 is 11.7. The van der Waals surface area contributed by atoms with Crippen LogP contribution in [0.25, 0.3) is 0 Å². The van der Waals surface area contributed by atoms with E-state index in [1.54, 1.807) is 6.26 Å². The number of fused-ring (bicyclic) bond motifs is 1. The monoisotopic (exact) mass is 329 g/mol. The van der Waals surface area contributed by atoms with Gasteiger partial charge in [0, 0.05) is 15.1 Å². The first-order valence-electron chi connectivity index (χ1n) is 5.15. The van der Waals surface area contributed by atoms with Crippen molar-refractivity contribution in [1.29, 1.82) is 0 Å². The molecule has 0 bridgehead atoms. The Balaban J connectivity index is 1.95. The summed E-state index contributed by atoms with van der Waals surface area (Å²) in [6, 6.07) is 3.85. The molecule has 3 rings (SSSR count). The first kappa shape index (κ1) is 11.5. The molecule has 0 spiro atoms. The van der Waals surface area contributed by atoms with Gasteiger partial charge in [-0.15, -0.1) is 11.8 Å². The average molecular weight is 331 g/mol. The number of halogens is 2. The van der Waals surface area contributed by atoms with Crippen LogP contribution in [0.2, 0.25) is 0 Å². The van der Waals surface area contributed by atoms with Gasteiger partial charge >= 0.3 is 0 Å². The maximum atomic E-state index is 6.27. The smallest absolute Gasteiger partial charge is 0.123 e. The van der Waals surface area contributed by atoms with Crippen LogP contribution in [-0.4, -0.2) is 10.7 Å². The Hall–Kier alpha value is -0.580. The number of rotatable bonds is 2. The summed E-state index contributed by atoms with van der Waals surface area (Å²) in [5.41, 5.74) is 1.17. The molecule has 0 unspecified atom stereocenters. The van der Waals surface area contributed by atoms with Crippen LogP contribution in [0.5, 0.6) is 0 Å². The van der Waals surface area contributed by atoms with Crippen LogP contribution >= 0.6 is 39.3 Å². The largest absolute Gasteiger partial charge is 0.467 e. The third kappa shape index (κ3) is 2.09. The summed E-state index contributed by atoms with van der Waals surface area (Å²) in [6.45, 7) is 0.657. The standard InChI is InChI=1S/C12H9BrClNOS/c13-9-7-17-10-3-4-11(14)15(12(9)10)6-8-2-1-5-16-8/h1-5H,6-7H2. The minimum atomic E-state index is 0.657. The summed E-state index contributed by atoms with van der Waals surface area (Å²) in [4.78, 5) is 3.33. The SMILES string of the molecule is ClC1=CC=C2SCC(Br)=C2N1Cc1ccco1. The van der Waals surface area contributed by atoms with Gasteiger partial charge in [0.05, 0.1) is 18.5 Å². The van der Waals surface area contributed by atoms with Crippen LogP contribution in [-0.2, 0) is 6.54 Å². The maximum Gasteiger partial charge on any atom is 0.123 e. The van der Waals surface area contributed by atoms with E-state index in [1.165, 1.54) is 15.1 Å². The van der Waals surface area contributed by atoms with Gasteiger partial charge < -0.3 is 9.32 Å². The molecule has 2 aliphatic heterocycles. The van der Waals surface area contributed by atoms with Crippen LogP contribution < -0.4 is 0 Å². The number of thioether (sulfide) groups is 1. The van der Waals surface area contributed by atoms with Gasteiger partial charge in [-0.2, -0.15) is 0 Å². The van der Waals surface area contributed by atoms with Gasteiger partial charge in [0.2, 0.25) is 0 Å². The second-order valence-electron chi connectivity index (χ2n) is 3.73. The van der Waals surface area contributed by atoms with Gasteiger partial charge in [0.15, 0.2) is 0 Å². The van der Waals surface area contributed by atoms with Crippen molar-refractivity contribution in [2.45, 2.75) is 6.54 Å².